The van der Waals surface area contributed by atoms with Crippen LogP contribution in [0.4, 0.5) is 5.82 Å². The van der Waals surface area contributed by atoms with Gasteiger partial charge in [0, 0.05) is 0 Å². The molecule has 0 bridgehead atoms. The number of rotatable bonds is 2. The van der Waals surface area contributed by atoms with E-state index in [-0.39, 0.29) is 0 Å². The van der Waals surface area contributed by atoms with Crippen molar-refractivity contribution in [3.8, 4) is 0 Å². The van der Waals surface area contributed by atoms with E-state index in [9.17, 15) is 14.9 Å². The summed E-state index contributed by atoms with van der Waals surface area (Å²) in [6.45, 7) is 0. The number of hydrogen-bond donors (Lipinski definition) is 0. The summed E-state index contributed by atoms with van der Waals surface area (Å²) in [5.41, 5.74) is -0.539. The zero-order valence-electron chi connectivity index (χ0n) is 5.88. The van der Waals surface area contributed by atoms with E-state index in [0.717, 1.165) is 7.11 Å². The number of nitrogens with zero attached hydrogens (tertiary/aromatic N) is 3. The summed E-state index contributed by atoms with van der Waals surface area (Å²) in [6, 6.07) is 0. The Morgan fingerprint density at radius 3 is 2.83 bits per heavy atom. The maximum atomic E-state index is 10.7. The second-order valence-electron chi connectivity index (χ2n) is 1.69. The van der Waals surface area contributed by atoms with Crippen molar-refractivity contribution < 1.29 is 19.1 Å². The number of ether oxygens (including phenoxy) is 1. The molecule has 0 unspecified atom stereocenters. The number of carbonyl (C=O) groups is 1. The summed E-state index contributed by atoms with van der Waals surface area (Å²) in [5.74, 6) is -1.70. The van der Waals surface area contributed by atoms with Crippen molar-refractivity contribution in [1.82, 2.24) is 10.3 Å². The monoisotopic (exact) mass is 173 g/mol. The molecule has 0 fully saturated rings. The van der Waals surface area contributed by atoms with E-state index >= 15 is 0 Å². The van der Waals surface area contributed by atoms with E-state index < -0.39 is 22.4 Å². The highest BCUT2D eigenvalue weighted by Gasteiger charge is 2.28. The SMILES string of the molecule is COC(=O)c1nonc1[N+](=O)[O-]. The molecule has 0 radical (unpaired) electrons. The summed E-state index contributed by atoms with van der Waals surface area (Å²) >= 11 is 0. The first-order valence-electron chi connectivity index (χ1n) is 2.72. The minimum absolute atomic E-state index is 0.539. The van der Waals surface area contributed by atoms with Gasteiger partial charge in [-0.05, 0) is 10.1 Å². The van der Waals surface area contributed by atoms with Crippen molar-refractivity contribution in [3.63, 3.8) is 0 Å². The smallest absolute Gasteiger partial charge is 0.449 e. The predicted molar refractivity (Wildman–Crippen MR) is 32.3 cm³/mol. The Bertz CT molecular complexity index is 318. The number of carbonyl (C=O) groups excluding carboxylic acids is 1. The molecule has 64 valence electrons. The average Bonchev–Trinajstić information content (AvgIpc) is 2.50. The third-order valence-corrected chi connectivity index (χ3v) is 1.02. The van der Waals surface area contributed by atoms with Crippen LogP contribution in [0.25, 0.3) is 0 Å². The van der Waals surface area contributed by atoms with Gasteiger partial charge in [-0.1, -0.05) is 0 Å². The molecule has 0 aromatic carbocycles. The summed E-state index contributed by atoms with van der Waals surface area (Å²) in [4.78, 5) is 20.0. The van der Waals surface area contributed by atoms with Crippen molar-refractivity contribution >= 4 is 11.8 Å². The largest absolute Gasteiger partial charge is 0.464 e. The molecule has 0 saturated carbocycles. The molecule has 0 spiro atoms. The van der Waals surface area contributed by atoms with Crippen LogP contribution >= 0.6 is 0 Å². The highest BCUT2D eigenvalue weighted by Crippen LogP contribution is 2.12. The average molecular weight is 173 g/mol. The fourth-order valence-electron chi connectivity index (χ4n) is 0.529. The fourth-order valence-corrected chi connectivity index (χ4v) is 0.529. The minimum Gasteiger partial charge on any atom is -0.464 e. The topological polar surface area (TPSA) is 108 Å². The van der Waals surface area contributed by atoms with E-state index in [1.165, 1.54) is 0 Å². The van der Waals surface area contributed by atoms with Gasteiger partial charge in [-0.25, -0.2) is 4.79 Å². The molecule has 0 aliphatic heterocycles. The van der Waals surface area contributed by atoms with E-state index in [1.54, 1.807) is 0 Å². The Morgan fingerprint density at radius 2 is 2.33 bits per heavy atom. The molecule has 1 aromatic heterocycles. The van der Waals surface area contributed by atoms with Gasteiger partial charge in [0.05, 0.1) is 7.11 Å². The first kappa shape index (κ1) is 8.11. The Morgan fingerprint density at radius 1 is 1.67 bits per heavy atom. The molecule has 8 heteroatoms. The summed E-state index contributed by atoms with van der Waals surface area (Å²) in [5, 5.41) is 16.0. The van der Waals surface area contributed by atoms with Crippen LogP contribution in [-0.2, 0) is 4.74 Å². The number of nitro groups is 1. The van der Waals surface area contributed by atoms with Gasteiger partial charge in [0.25, 0.3) is 5.69 Å². The van der Waals surface area contributed by atoms with Gasteiger partial charge in [0.15, 0.2) is 5.16 Å². The van der Waals surface area contributed by atoms with Crippen molar-refractivity contribution in [2.75, 3.05) is 7.11 Å². The Kier molecular flexibility index (Phi) is 1.99. The summed E-state index contributed by atoms with van der Waals surface area (Å²) in [7, 11) is 1.07. The fraction of sp³-hybridized carbons (Fsp3) is 0.250. The van der Waals surface area contributed by atoms with Crippen LogP contribution in [0.1, 0.15) is 10.5 Å². The van der Waals surface area contributed by atoms with Gasteiger partial charge in [-0.3, -0.25) is 0 Å². The summed E-state index contributed by atoms with van der Waals surface area (Å²) < 4.78 is 8.17. The Labute approximate surface area is 65.2 Å². The quantitative estimate of drug-likeness (QED) is 0.345. The Hall–Kier alpha value is -1.99. The maximum absolute atomic E-state index is 10.7. The Balaban J connectivity index is 3.07. The lowest BCUT2D eigenvalue weighted by Gasteiger charge is -1.90. The van der Waals surface area contributed by atoms with Gasteiger partial charge >= 0.3 is 11.8 Å². The van der Waals surface area contributed by atoms with Gasteiger partial charge in [0.2, 0.25) is 0 Å². The maximum Gasteiger partial charge on any atom is 0.449 e. The highest BCUT2D eigenvalue weighted by molar-refractivity contribution is 5.90. The molecule has 1 rings (SSSR count). The normalized spacial score (nSPS) is 9.42. The number of aromatic nitrogens is 2. The van der Waals surface area contributed by atoms with E-state index in [1.807, 2.05) is 0 Å². The van der Waals surface area contributed by atoms with Crippen LogP contribution in [0.5, 0.6) is 0 Å². The molecule has 0 aliphatic carbocycles. The van der Waals surface area contributed by atoms with Crippen LogP contribution in [-0.4, -0.2) is 28.3 Å². The molecule has 0 aliphatic rings. The van der Waals surface area contributed by atoms with Crippen molar-refractivity contribution in [2.45, 2.75) is 0 Å². The van der Waals surface area contributed by atoms with Gasteiger partial charge in [-0.15, -0.1) is 4.63 Å². The summed E-state index contributed by atoms with van der Waals surface area (Å²) in [6.07, 6.45) is 0. The minimum atomic E-state index is -0.956. The number of esters is 1. The van der Waals surface area contributed by atoms with Crippen molar-refractivity contribution in [3.05, 3.63) is 15.8 Å². The van der Waals surface area contributed by atoms with Crippen LogP contribution in [0.2, 0.25) is 0 Å². The van der Waals surface area contributed by atoms with E-state index in [2.05, 4.69) is 19.7 Å². The van der Waals surface area contributed by atoms with Gasteiger partial charge in [-0.2, -0.15) is 0 Å². The first-order chi connectivity index (χ1) is 5.66. The molecule has 0 saturated heterocycles. The van der Waals surface area contributed by atoms with Crippen LogP contribution < -0.4 is 0 Å². The zero-order valence-corrected chi connectivity index (χ0v) is 5.88. The van der Waals surface area contributed by atoms with E-state index in [4.69, 9.17) is 0 Å². The standard InChI is InChI=1S/C4H3N3O5/c1-11-4(8)2-3(7(9)10)6-12-5-2/h1H3. The number of hydrogen-bond acceptors (Lipinski definition) is 7. The van der Waals surface area contributed by atoms with E-state index in [0.29, 0.717) is 0 Å². The lowest BCUT2D eigenvalue weighted by molar-refractivity contribution is -0.391. The molecule has 0 atom stereocenters. The first-order valence-corrected chi connectivity index (χ1v) is 2.72. The van der Waals surface area contributed by atoms with Crippen LogP contribution in [0, 0.1) is 10.1 Å². The lowest BCUT2D eigenvalue weighted by Crippen LogP contribution is -2.05. The molecule has 0 amide bonds. The molecule has 0 N–H and O–H groups in total. The van der Waals surface area contributed by atoms with Crippen LogP contribution in [0.15, 0.2) is 4.63 Å². The second-order valence-corrected chi connectivity index (χ2v) is 1.69. The molecule has 12 heavy (non-hydrogen) atoms. The van der Waals surface area contributed by atoms with Gasteiger partial charge < -0.3 is 14.9 Å². The molecule has 1 heterocycles. The van der Waals surface area contributed by atoms with Gasteiger partial charge in [0.1, 0.15) is 0 Å². The molecular weight excluding hydrogens is 170 g/mol. The van der Waals surface area contributed by atoms with Crippen LogP contribution in [0.3, 0.4) is 0 Å². The predicted octanol–water partition coefficient (Wildman–Crippen LogP) is -0.236. The molecule has 1 aromatic rings. The van der Waals surface area contributed by atoms with Crippen molar-refractivity contribution in [2.24, 2.45) is 0 Å². The second kappa shape index (κ2) is 2.95. The lowest BCUT2D eigenvalue weighted by atomic mass is 10.4. The molecular formula is C4H3N3O5. The third-order valence-electron chi connectivity index (χ3n) is 1.02. The third kappa shape index (κ3) is 1.21. The zero-order chi connectivity index (χ0) is 9.14. The number of methoxy groups -OCH3 is 1. The van der Waals surface area contributed by atoms with Crippen molar-refractivity contribution in [1.29, 1.82) is 0 Å². The highest BCUT2D eigenvalue weighted by atomic mass is 16.6. The molecule has 8 nitrogen and oxygen atoms in total.